The molecule has 0 aliphatic carbocycles. The average molecular weight is 292 g/mol. The van der Waals surface area contributed by atoms with Crippen molar-refractivity contribution in [1.29, 1.82) is 0 Å². The molecule has 1 N–H and O–H groups in total. The minimum absolute atomic E-state index is 0.131. The van der Waals surface area contributed by atoms with Gasteiger partial charge in [-0.15, -0.1) is 0 Å². The first-order valence-corrected chi connectivity index (χ1v) is 6.89. The monoisotopic (exact) mass is 292 g/mol. The summed E-state index contributed by atoms with van der Waals surface area (Å²) in [5.41, 5.74) is 0.631. The number of nitrogens with zero attached hydrogens (tertiary/aromatic N) is 1. The number of nitrogens with one attached hydrogen (secondary N) is 1. The second kappa shape index (κ2) is 6.03. The predicted molar refractivity (Wildman–Crippen MR) is 78.7 cm³/mol. The average Bonchev–Trinajstić information content (AvgIpc) is 2.49. The molecule has 2 unspecified atom stereocenters. The number of rotatable bonds is 4. The van der Waals surface area contributed by atoms with Crippen molar-refractivity contribution >= 4 is 17.5 Å². The van der Waals surface area contributed by atoms with E-state index in [9.17, 15) is 9.59 Å². The number of carbonyl (C=O) groups is 2. The van der Waals surface area contributed by atoms with Gasteiger partial charge in [0, 0.05) is 11.8 Å². The molecule has 1 fully saturated rings. The second-order valence-electron chi connectivity index (χ2n) is 4.90. The van der Waals surface area contributed by atoms with E-state index in [0.29, 0.717) is 23.6 Å². The maximum Gasteiger partial charge on any atom is 0.250 e. The zero-order valence-corrected chi connectivity index (χ0v) is 12.7. The van der Waals surface area contributed by atoms with Crippen LogP contribution >= 0.6 is 0 Å². The van der Waals surface area contributed by atoms with Gasteiger partial charge in [-0.2, -0.15) is 0 Å². The Morgan fingerprint density at radius 2 is 1.86 bits per heavy atom. The summed E-state index contributed by atoms with van der Waals surface area (Å²) in [5, 5.41) is 2.69. The van der Waals surface area contributed by atoms with Crippen molar-refractivity contribution in [3.8, 4) is 11.5 Å². The number of ether oxygens (including phenoxy) is 2. The van der Waals surface area contributed by atoms with E-state index < -0.39 is 12.1 Å². The molecule has 0 aromatic heterocycles. The quantitative estimate of drug-likeness (QED) is 0.909. The molecule has 0 bridgehead atoms. The Bertz CT molecular complexity index is 559. The summed E-state index contributed by atoms with van der Waals surface area (Å²) in [6.45, 7) is 3.56. The summed E-state index contributed by atoms with van der Waals surface area (Å²) >= 11 is 0. The number of methoxy groups -OCH3 is 2. The lowest BCUT2D eigenvalue weighted by Gasteiger charge is -2.37. The van der Waals surface area contributed by atoms with Crippen LogP contribution in [-0.4, -0.2) is 38.1 Å². The van der Waals surface area contributed by atoms with Crippen molar-refractivity contribution in [3.05, 3.63) is 18.2 Å². The first-order valence-electron chi connectivity index (χ1n) is 6.89. The van der Waals surface area contributed by atoms with Crippen molar-refractivity contribution < 1.29 is 19.1 Å². The molecule has 6 heteroatoms. The van der Waals surface area contributed by atoms with Gasteiger partial charge in [0.05, 0.1) is 14.2 Å². The normalized spacial score (nSPS) is 22.0. The molecule has 0 radical (unpaired) electrons. The zero-order chi connectivity index (χ0) is 15.6. The Morgan fingerprint density at radius 1 is 1.19 bits per heavy atom. The van der Waals surface area contributed by atoms with Gasteiger partial charge in [-0.05, 0) is 25.5 Å². The largest absolute Gasteiger partial charge is 0.493 e. The molecule has 0 spiro atoms. The van der Waals surface area contributed by atoms with Crippen LogP contribution in [0.25, 0.3) is 0 Å². The van der Waals surface area contributed by atoms with E-state index in [4.69, 9.17) is 9.47 Å². The van der Waals surface area contributed by atoms with Crippen LogP contribution in [0.15, 0.2) is 18.2 Å². The molecule has 2 atom stereocenters. The van der Waals surface area contributed by atoms with Gasteiger partial charge >= 0.3 is 0 Å². The maximum atomic E-state index is 12.4. The molecule has 1 aliphatic rings. The van der Waals surface area contributed by atoms with E-state index in [0.717, 1.165) is 0 Å². The summed E-state index contributed by atoms with van der Waals surface area (Å²) in [6.07, 6.45) is 0.540. The molecule has 1 aliphatic heterocycles. The Kier molecular flexibility index (Phi) is 4.35. The molecule has 114 valence electrons. The zero-order valence-electron chi connectivity index (χ0n) is 12.7. The first-order chi connectivity index (χ1) is 10.0. The molecule has 21 heavy (non-hydrogen) atoms. The summed E-state index contributed by atoms with van der Waals surface area (Å²) in [6, 6.07) is 4.16. The van der Waals surface area contributed by atoms with Crippen LogP contribution in [0, 0.1) is 0 Å². The number of benzene rings is 1. The molecule has 0 saturated carbocycles. The summed E-state index contributed by atoms with van der Waals surface area (Å²) < 4.78 is 10.5. The Balaban J connectivity index is 2.45. The lowest BCUT2D eigenvalue weighted by molar-refractivity contribution is -0.133. The van der Waals surface area contributed by atoms with E-state index in [-0.39, 0.29) is 11.8 Å². The molecular weight excluding hydrogens is 272 g/mol. The number of carbonyl (C=O) groups excluding carboxylic acids is 2. The van der Waals surface area contributed by atoms with Crippen LogP contribution in [0.1, 0.15) is 20.3 Å². The fourth-order valence-corrected chi connectivity index (χ4v) is 2.50. The number of hydrogen-bond acceptors (Lipinski definition) is 4. The minimum atomic E-state index is -0.534. The molecule has 2 rings (SSSR count). The SMILES string of the molecule is CCC1C(=O)NC(C)C(=O)N1c1ccc(OC)c(OC)c1. The highest BCUT2D eigenvalue weighted by atomic mass is 16.5. The second-order valence-corrected chi connectivity index (χ2v) is 4.90. The third-order valence-corrected chi connectivity index (χ3v) is 3.61. The van der Waals surface area contributed by atoms with Crippen molar-refractivity contribution in [3.63, 3.8) is 0 Å². The highest BCUT2D eigenvalue weighted by Gasteiger charge is 2.38. The van der Waals surface area contributed by atoms with Crippen LogP contribution in [0.2, 0.25) is 0 Å². The molecule has 1 aromatic rings. The molecular formula is C15H20N2O4. The molecule has 1 heterocycles. The van der Waals surface area contributed by atoms with E-state index in [1.54, 1.807) is 32.2 Å². The molecule has 2 amide bonds. The third kappa shape index (κ3) is 2.66. The van der Waals surface area contributed by atoms with Crippen LogP contribution < -0.4 is 19.7 Å². The van der Waals surface area contributed by atoms with Gasteiger partial charge in [0.1, 0.15) is 12.1 Å². The van der Waals surface area contributed by atoms with Crippen molar-refractivity contribution in [1.82, 2.24) is 5.32 Å². The summed E-state index contributed by atoms with van der Waals surface area (Å²) in [4.78, 5) is 26.0. The first kappa shape index (κ1) is 15.2. The summed E-state index contributed by atoms with van der Waals surface area (Å²) in [7, 11) is 3.08. The number of hydrogen-bond donors (Lipinski definition) is 1. The fraction of sp³-hybridized carbons (Fsp3) is 0.467. The van der Waals surface area contributed by atoms with Crippen LogP contribution in [0.5, 0.6) is 11.5 Å². The molecule has 1 aromatic carbocycles. The lowest BCUT2D eigenvalue weighted by Crippen LogP contribution is -2.62. The van der Waals surface area contributed by atoms with Crippen molar-refractivity contribution in [2.45, 2.75) is 32.4 Å². The van der Waals surface area contributed by atoms with E-state index in [2.05, 4.69) is 5.32 Å². The predicted octanol–water partition coefficient (Wildman–Crippen LogP) is 1.33. The molecule has 6 nitrogen and oxygen atoms in total. The Hall–Kier alpha value is -2.24. The summed E-state index contributed by atoms with van der Waals surface area (Å²) in [5.74, 6) is 0.834. The van der Waals surface area contributed by atoms with E-state index in [1.165, 1.54) is 12.0 Å². The number of amides is 2. The number of anilines is 1. The van der Waals surface area contributed by atoms with E-state index >= 15 is 0 Å². The van der Waals surface area contributed by atoms with Gasteiger partial charge in [0.25, 0.3) is 0 Å². The smallest absolute Gasteiger partial charge is 0.250 e. The van der Waals surface area contributed by atoms with Crippen molar-refractivity contribution in [2.24, 2.45) is 0 Å². The van der Waals surface area contributed by atoms with Gasteiger partial charge < -0.3 is 14.8 Å². The maximum absolute atomic E-state index is 12.4. The fourth-order valence-electron chi connectivity index (χ4n) is 2.50. The van der Waals surface area contributed by atoms with Gasteiger partial charge in [0.15, 0.2) is 11.5 Å². The van der Waals surface area contributed by atoms with Crippen molar-refractivity contribution in [2.75, 3.05) is 19.1 Å². The third-order valence-electron chi connectivity index (χ3n) is 3.61. The van der Waals surface area contributed by atoms with Gasteiger partial charge in [-0.3, -0.25) is 14.5 Å². The van der Waals surface area contributed by atoms with Gasteiger partial charge in [-0.1, -0.05) is 6.92 Å². The van der Waals surface area contributed by atoms with Crippen LogP contribution in [0.3, 0.4) is 0 Å². The Labute approximate surface area is 124 Å². The van der Waals surface area contributed by atoms with Gasteiger partial charge in [0.2, 0.25) is 11.8 Å². The van der Waals surface area contributed by atoms with Gasteiger partial charge in [-0.25, -0.2) is 0 Å². The molecule has 1 saturated heterocycles. The number of piperazine rings is 1. The van der Waals surface area contributed by atoms with Crippen LogP contribution in [-0.2, 0) is 9.59 Å². The Morgan fingerprint density at radius 3 is 2.43 bits per heavy atom. The van der Waals surface area contributed by atoms with Crippen LogP contribution in [0.4, 0.5) is 5.69 Å². The highest BCUT2D eigenvalue weighted by Crippen LogP contribution is 2.33. The lowest BCUT2D eigenvalue weighted by atomic mass is 10.0. The highest BCUT2D eigenvalue weighted by molar-refractivity contribution is 6.08. The topological polar surface area (TPSA) is 67.9 Å². The van der Waals surface area contributed by atoms with E-state index in [1.807, 2.05) is 6.92 Å². The standard InChI is InChI=1S/C15H20N2O4/c1-5-11-14(18)16-9(2)15(19)17(11)10-6-7-12(20-3)13(8-10)21-4/h6-9,11H,5H2,1-4H3,(H,16,18). The minimum Gasteiger partial charge on any atom is -0.493 e.